The highest BCUT2D eigenvalue weighted by Crippen LogP contribution is 2.45. The molecule has 1 aromatic rings. The number of hydrogen-bond acceptors (Lipinski definition) is 2. The molecule has 0 saturated carbocycles. The van der Waals surface area contributed by atoms with Crippen molar-refractivity contribution in [3.8, 4) is 11.8 Å². The molecule has 0 radical (unpaired) electrons. The summed E-state index contributed by atoms with van der Waals surface area (Å²) >= 11 is 0. The summed E-state index contributed by atoms with van der Waals surface area (Å²) in [6.07, 6.45) is 2.13. The summed E-state index contributed by atoms with van der Waals surface area (Å²) in [5.74, 6) is 0.927. The van der Waals surface area contributed by atoms with Crippen molar-refractivity contribution in [1.82, 2.24) is 0 Å². The molecular formula is C16H21ClN2O. The van der Waals surface area contributed by atoms with E-state index in [1.54, 1.807) is 6.07 Å². The summed E-state index contributed by atoms with van der Waals surface area (Å²) in [5.41, 5.74) is 2.83. The Balaban J connectivity index is 0.00000147. The molecule has 108 valence electrons. The van der Waals surface area contributed by atoms with E-state index in [0.29, 0.717) is 24.3 Å². The van der Waals surface area contributed by atoms with Gasteiger partial charge in [0.1, 0.15) is 11.8 Å². The van der Waals surface area contributed by atoms with Gasteiger partial charge in [-0.05, 0) is 23.3 Å². The van der Waals surface area contributed by atoms with Crippen LogP contribution >= 0.6 is 0 Å². The van der Waals surface area contributed by atoms with Crippen LogP contribution in [0.5, 0.6) is 5.75 Å². The topological polar surface area (TPSA) is 48.5 Å². The van der Waals surface area contributed by atoms with E-state index in [0.717, 1.165) is 19.4 Å². The fourth-order valence-corrected chi connectivity index (χ4v) is 4.16. The number of nitriles is 1. The Morgan fingerprint density at radius 2 is 2.25 bits per heavy atom. The lowest BCUT2D eigenvalue weighted by molar-refractivity contribution is -0.930. The number of phenolic OH excluding ortho intramolecular Hbond substituents is 1. The first kappa shape index (κ1) is 15.2. The number of phenols is 1. The smallest absolute Gasteiger partial charge is 0.165 e. The first-order chi connectivity index (χ1) is 9.06. The molecule has 4 heteroatoms. The van der Waals surface area contributed by atoms with Crippen molar-refractivity contribution in [3.05, 3.63) is 29.3 Å². The van der Waals surface area contributed by atoms with Crippen molar-refractivity contribution in [2.45, 2.75) is 38.1 Å². The van der Waals surface area contributed by atoms with E-state index in [2.05, 4.69) is 26.0 Å². The number of benzene rings is 1. The van der Waals surface area contributed by atoms with Gasteiger partial charge in [0.2, 0.25) is 0 Å². The SMILES string of the molecule is C[C@H]1[C@@H]2Cc3ccc(O)cc3[C@@]1(C)CC[NH+]2CC#N.[Cl-]. The zero-order valence-corrected chi connectivity index (χ0v) is 12.7. The molecule has 1 saturated heterocycles. The Labute approximate surface area is 126 Å². The minimum absolute atomic E-state index is 0. The minimum Gasteiger partial charge on any atom is -1.00 e. The number of nitrogens with one attached hydrogen (secondary N) is 1. The summed E-state index contributed by atoms with van der Waals surface area (Å²) in [5, 5.41) is 18.8. The van der Waals surface area contributed by atoms with E-state index < -0.39 is 0 Å². The van der Waals surface area contributed by atoms with Gasteiger partial charge in [0.05, 0.1) is 12.6 Å². The molecule has 0 aromatic heterocycles. The van der Waals surface area contributed by atoms with E-state index >= 15 is 0 Å². The summed E-state index contributed by atoms with van der Waals surface area (Å²) in [6, 6.07) is 8.68. The predicted octanol–water partition coefficient (Wildman–Crippen LogP) is -1.97. The molecule has 2 aliphatic rings. The molecule has 1 heterocycles. The highest BCUT2D eigenvalue weighted by Gasteiger charge is 2.50. The summed E-state index contributed by atoms with van der Waals surface area (Å²) in [6.45, 7) is 6.31. The van der Waals surface area contributed by atoms with Crippen molar-refractivity contribution in [2.75, 3.05) is 13.1 Å². The quantitative estimate of drug-likeness (QED) is 0.590. The highest BCUT2D eigenvalue weighted by molar-refractivity contribution is 5.43. The standard InChI is InChI=1S/C16H20N2O.ClH/c1-11-15-9-12-3-4-13(19)10-14(12)16(11,2)5-7-18(15)8-6-17;/h3-4,10-11,15,19H,5,7-9H2,1-2H3;1H/t11-,15-,16-;/m0./s1. The van der Waals surface area contributed by atoms with Gasteiger partial charge in [-0.25, -0.2) is 0 Å². The van der Waals surface area contributed by atoms with Crippen LogP contribution in [-0.4, -0.2) is 24.2 Å². The van der Waals surface area contributed by atoms with Crippen LogP contribution < -0.4 is 17.3 Å². The van der Waals surface area contributed by atoms with Crippen molar-refractivity contribution in [1.29, 1.82) is 5.26 Å². The van der Waals surface area contributed by atoms with Gasteiger partial charge in [0.25, 0.3) is 0 Å². The lowest BCUT2D eigenvalue weighted by Crippen LogP contribution is -3.18. The molecule has 1 aliphatic carbocycles. The van der Waals surface area contributed by atoms with Gasteiger partial charge in [0, 0.05) is 24.2 Å². The molecule has 20 heavy (non-hydrogen) atoms. The fourth-order valence-electron chi connectivity index (χ4n) is 4.16. The molecule has 0 amide bonds. The normalized spacial score (nSPS) is 34.5. The van der Waals surface area contributed by atoms with Crippen molar-refractivity contribution < 1.29 is 22.4 Å². The van der Waals surface area contributed by atoms with Crippen LogP contribution in [0.3, 0.4) is 0 Å². The number of halogens is 1. The highest BCUT2D eigenvalue weighted by atomic mass is 35.5. The maximum atomic E-state index is 9.77. The number of quaternary nitrogens is 1. The molecule has 1 aromatic carbocycles. The molecule has 2 N–H and O–H groups in total. The third kappa shape index (κ3) is 2.08. The minimum atomic E-state index is 0. The number of aromatic hydroxyl groups is 1. The number of rotatable bonds is 1. The van der Waals surface area contributed by atoms with Crippen LogP contribution in [-0.2, 0) is 11.8 Å². The monoisotopic (exact) mass is 292 g/mol. The second-order valence-corrected chi connectivity index (χ2v) is 6.35. The van der Waals surface area contributed by atoms with E-state index in [9.17, 15) is 5.11 Å². The summed E-state index contributed by atoms with van der Waals surface area (Å²) in [4.78, 5) is 1.44. The molecule has 1 fully saturated rings. The predicted molar refractivity (Wildman–Crippen MR) is 73.0 cm³/mol. The largest absolute Gasteiger partial charge is 1.00 e. The number of nitrogens with zero attached hydrogens (tertiary/aromatic N) is 1. The van der Waals surface area contributed by atoms with E-state index in [1.165, 1.54) is 16.0 Å². The molecule has 3 nitrogen and oxygen atoms in total. The number of fused-ring (bicyclic) bond motifs is 4. The zero-order chi connectivity index (χ0) is 13.6. The van der Waals surface area contributed by atoms with Gasteiger partial charge in [0.15, 0.2) is 6.54 Å². The Morgan fingerprint density at radius 1 is 1.50 bits per heavy atom. The van der Waals surface area contributed by atoms with E-state index in [-0.39, 0.29) is 17.8 Å². The van der Waals surface area contributed by atoms with Crippen molar-refractivity contribution in [2.24, 2.45) is 5.92 Å². The van der Waals surface area contributed by atoms with Gasteiger partial charge in [-0.1, -0.05) is 19.9 Å². The molecule has 1 unspecified atom stereocenters. The van der Waals surface area contributed by atoms with Crippen LogP contribution in [0.4, 0.5) is 0 Å². The Hall–Kier alpha value is -1.24. The molecule has 4 atom stereocenters. The first-order valence-corrected chi connectivity index (χ1v) is 7.10. The molecular weight excluding hydrogens is 272 g/mol. The van der Waals surface area contributed by atoms with Crippen molar-refractivity contribution >= 4 is 0 Å². The van der Waals surface area contributed by atoms with Crippen molar-refractivity contribution in [3.63, 3.8) is 0 Å². The molecule has 1 aliphatic heterocycles. The first-order valence-electron chi connectivity index (χ1n) is 7.10. The lowest BCUT2D eigenvalue weighted by Gasteiger charge is -2.51. The third-order valence-electron chi connectivity index (χ3n) is 5.55. The second-order valence-electron chi connectivity index (χ2n) is 6.35. The Bertz CT molecular complexity index is 554. The maximum Gasteiger partial charge on any atom is 0.165 e. The Kier molecular flexibility index (Phi) is 4.00. The zero-order valence-electron chi connectivity index (χ0n) is 12.0. The fraction of sp³-hybridized carbons (Fsp3) is 0.562. The number of likely N-dealkylation sites (tertiary alicyclic amines) is 1. The van der Waals surface area contributed by atoms with Gasteiger partial charge in [-0.15, -0.1) is 0 Å². The average molecular weight is 293 g/mol. The third-order valence-corrected chi connectivity index (χ3v) is 5.55. The van der Waals surface area contributed by atoms with E-state index in [1.807, 2.05) is 6.07 Å². The van der Waals surface area contributed by atoms with Crippen LogP contribution in [0.2, 0.25) is 0 Å². The average Bonchev–Trinajstić information content (AvgIpc) is 2.38. The summed E-state index contributed by atoms with van der Waals surface area (Å²) in [7, 11) is 0. The van der Waals surface area contributed by atoms with E-state index in [4.69, 9.17) is 5.26 Å². The maximum absolute atomic E-state index is 9.77. The lowest BCUT2D eigenvalue weighted by atomic mass is 9.59. The van der Waals surface area contributed by atoms with Crippen LogP contribution in [0.1, 0.15) is 31.4 Å². The Morgan fingerprint density at radius 3 is 2.95 bits per heavy atom. The van der Waals surface area contributed by atoms with Gasteiger partial charge >= 0.3 is 0 Å². The van der Waals surface area contributed by atoms with Gasteiger partial charge in [-0.3, -0.25) is 0 Å². The summed E-state index contributed by atoms with van der Waals surface area (Å²) < 4.78 is 0. The van der Waals surface area contributed by atoms with Gasteiger partial charge in [-0.2, -0.15) is 5.26 Å². The molecule has 3 rings (SSSR count). The van der Waals surface area contributed by atoms with Crippen LogP contribution in [0.15, 0.2) is 18.2 Å². The van der Waals surface area contributed by atoms with Crippen LogP contribution in [0.25, 0.3) is 0 Å². The molecule has 2 bridgehead atoms. The second kappa shape index (κ2) is 5.27. The van der Waals surface area contributed by atoms with Gasteiger partial charge < -0.3 is 22.4 Å². The molecule has 0 spiro atoms. The van der Waals surface area contributed by atoms with Crippen LogP contribution in [0, 0.1) is 17.2 Å². The number of piperidine rings is 1. The number of hydrogen-bond donors (Lipinski definition) is 2.